The van der Waals surface area contributed by atoms with Gasteiger partial charge in [0.05, 0.1) is 6.04 Å². The van der Waals surface area contributed by atoms with E-state index in [1.54, 1.807) is 0 Å². The number of amides is 1. The van der Waals surface area contributed by atoms with Gasteiger partial charge in [-0.05, 0) is 63.9 Å². The van der Waals surface area contributed by atoms with Crippen molar-refractivity contribution < 1.29 is 9.53 Å². The van der Waals surface area contributed by atoms with Gasteiger partial charge < -0.3 is 9.64 Å². The third kappa shape index (κ3) is 4.47. The van der Waals surface area contributed by atoms with Crippen LogP contribution in [0.1, 0.15) is 30.9 Å². The van der Waals surface area contributed by atoms with Crippen LogP contribution < -0.4 is 4.74 Å². The fourth-order valence-corrected chi connectivity index (χ4v) is 2.91. The van der Waals surface area contributed by atoms with Crippen molar-refractivity contribution >= 4 is 5.91 Å². The van der Waals surface area contributed by atoms with Crippen LogP contribution in [0.5, 0.6) is 5.75 Å². The van der Waals surface area contributed by atoms with Gasteiger partial charge in [-0.2, -0.15) is 0 Å². The highest BCUT2D eigenvalue weighted by atomic mass is 16.5. The summed E-state index contributed by atoms with van der Waals surface area (Å²) in [5.74, 6) is 1.15. The first kappa shape index (κ1) is 16.8. The molecule has 0 radical (unpaired) electrons. The van der Waals surface area contributed by atoms with Crippen LogP contribution in [0.3, 0.4) is 0 Å². The summed E-state index contributed by atoms with van der Waals surface area (Å²) in [6.07, 6.45) is 2.27. The number of aryl methyl sites for hydroxylation is 2. The van der Waals surface area contributed by atoms with Gasteiger partial charge in [-0.1, -0.05) is 6.07 Å². The van der Waals surface area contributed by atoms with Crippen molar-refractivity contribution in [1.82, 2.24) is 9.80 Å². The van der Waals surface area contributed by atoms with Crippen molar-refractivity contribution in [3.63, 3.8) is 0 Å². The van der Waals surface area contributed by atoms with Crippen molar-refractivity contribution in [3.8, 4) is 5.75 Å². The van der Waals surface area contributed by atoms with E-state index in [1.807, 2.05) is 31.0 Å². The molecule has 1 fully saturated rings. The van der Waals surface area contributed by atoms with E-state index in [0.717, 1.165) is 38.2 Å². The third-order valence-electron chi connectivity index (χ3n) is 4.34. The molecule has 1 aromatic rings. The van der Waals surface area contributed by atoms with E-state index >= 15 is 0 Å². The molecule has 1 aliphatic heterocycles. The van der Waals surface area contributed by atoms with Crippen molar-refractivity contribution in [2.75, 3.05) is 33.3 Å². The Morgan fingerprint density at radius 2 is 1.82 bits per heavy atom. The molecule has 0 saturated carbocycles. The Morgan fingerprint density at radius 1 is 1.23 bits per heavy atom. The first-order valence-electron chi connectivity index (χ1n) is 8.17. The molecule has 1 unspecified atom stereocenters. The molecule has 122 valence electrons. The molecule has 1 saturated heterocycles. The lowest BCUT2D eigenvalue weighted by Crippen LogP contribution is -2.45. The summed E-state index contributed by atoms with van der Waals surface area (Å²) < 4.78 is 5.83. The quantitative estimate of drug-likeness (QED) is 0.810. The standard InChI is InChI=1S/C18H28N2O2/c1-14-11-15(2)13-17(12-14)22-10-9-19(4)16(3)18(21)20-7-5-6-8-20/h11-13,16H,5-10H2,1-4H3. The molecule has 4 heteroatoms. The first-order chi connectivity index (χ1) is 10.5. The van der Waals surface area contributed by atoms with Gasteiger partial charge in [0.1, 0.15) is 12.4 Å². The third-order valence-corrected chi connectivity index (χ3v) is 4.34. The number of rotatable bonds is 6. The molecule has 0 bridgehead atoms. The molecular weight excluding hydrogens is 276 g/mol. The molecule has 22 heavy (non-hydrogen) atoms. The minimum atomic E-state index is -0.0825. The first-order valence-corrected chi connectivity index (χ1v) is 8.17. The zero-order valence-corrected chi connectivity index (χ0v) is 14.3. The van der Waals surface area contributed by atoms with Crippen LogP contribution in [0.15, 0.2) is 18.2 Å². The van der Waals surface area contributed by atoms with Crippen molar-refractivity contribution in [1.29, 1.82) is 0 Å². The summed E-state index contributed by atoms with van der Waals surface area (Å²) in [7, 11) is 1.99. The maximum Gasteiger partial charge on any atom is 0.239 e. The molecule has 1 heterocycles. The van der Waals surface area contributed by atoms with E-state index < -0.39 is 0 Å². The highest BCUT2D eigenvalue weighted by Crippen LogP contribution is 2.16. The normalized spacial score (nSPS) is 16.1. The van der Waals surface area contributed by atoms with E-state index in [1.165, 1.54) is 11.1 Å². The molecule has 0 aliphatic carbocycles. The highest BCUT2D eigenvalue weighted by Gasteiger charge is 2.25. The smallest absolute Gasteiger partial charge is 0.239 e. The second-order valence-corrected chi connectivity index (χ2v) is 6.36. The van der Waals surface area contributed by atoms with Crippen molar-refractivity contribution in [2.45, 2.75) is 39.7 Å². The second kappa shape index (κ2) is 7.63. The van der Waals surface area contributed by atoms with E-state index in [2.05, 4.69) is 24.8 Å². The average molecular weight is 304 g/mol. The molecule has 1 atom stereocenters. The van der Waals surface area contributed by atoms with Gasteiger partial charge >= 0.3 is 0 Å². The Labute approximate surface area is 134 Å². The number of hydrogen-bond acceptors (Lipinski definition) is 3. The fraction of sp³-hybridized carbons (Fsp3) is 0.611. The van der Waals surface area contributed by atoms with Gasteiger partial charge in [-0.25, -0.2) is 0 Å². The zero-order valence-electron chi connectivity index (χ0n) is 14.3. The summed E-state index contributed by atoms with van der Waals surface area (Å²) in [6, 6.07) is 6.15. The lowest BCUT2D eigenvalue weighted by molar-refractivity contribution is -0.134. The summed E-state index contributed by atoms with van der Waals surface area (Å²) in [6.45, 7) is 9.29. The summed E-state index contributed by atoms with van der Waals surface area (Å²) in [5.41, 5.74) is 2.42. The van der Waals surface area contributed by atoms with Crippen LogP contribution in [-0.4, -0.2) is 55.0 Å². The number of hydrogen-bond donors (Lipinski definition) is 0. The van der Waals surface area contributed by atoms with Gasteiger partial charge in [-0.3, -0.25) is 9.69 Å². The van der Waals surface area contributed by atoms with Crippen LogP contribution >= 0.6 is 0 Å². The Kier molecular flexibility index (Phi) is 5.83. The predicted octanol–water partition coefficient (Wildman–Crippen LogP) is 2.62. The minimum absolute atomic E-state index is 0.0825. The maximum absolute atomic E-state index is 12.4. The highest BCUT2D eigenvalue weighted by molar-refractivity contribution is 5.81. The Bertz CT molecular complexity index is 490. The number of benzene rings is 1. The number of carbonyl (C=O) groups excluding carboxylic acids is 1. The number of ether oxygens (including phenoxy) is 1. The number of likely N-dealkylation sites (N-methyl/N-ethyl adjacent to an activating group) is 1. The van der Waals surface area contributed by atoms with E-state index in [4.69, 9.17) is 4.74 Å². The predicted molar refractivity (Wildman–Crippen MR) is 89.3 cm³/mol. The lowest BCUT2D eigenvalue weighted by atomic mass is 10.1. The topological polar surface area (TPSA) is 32.8 Å². The van der Waals surface area contributed by atoms with E-state index in [-0.39, 0.29) is 11.9 Å². The Balaban J connectivity index is 1.79. The van der Waals surface area contributed by atoms with Crippen LogP contribution in [0, 0.1) is 13.8 Å². The van der Waals surface area contributed by atoms with Gasteiger partial charge in [0.15, 0.2) is 0 Å². The Morgan fingerprint density at radius 3 is 2.41 bits per heavy atom. The molecule has 1 aromatic carbocycles. The molecule has 1 aliphatic rings. The molecular formula is C18H28N2O2. The molecule has 2 rings (SSSR count). The van der Waals surface area contributed by atoms with E-state index in [9.17, 15) is 4.79 Å². The van der Waals surface area contributed by atoms with Gasteiger partial charge in [0.2, 0.25) is 5.91 Å². The van der Waals surface area contributed by atoms with Crippen LogP contribution in [0.4, 0.5) is 0 Å². The maximum atomic E-state index is 12.4. The number of nitrogens with zero attached hydrogens (tertiary/aromatic N) is 2. The molecule has 1 amide bonds. The van der Waals surface area contributed by atoms with Crippen LogP contribution in [0.25, 0.3) is 0 Å². The molecule has 0 N–H and O–H groups in total. The summed E-state index contributed by atoms with van der Waals surface area (Å²) >= 11 is 0. The second-order valence-electron chi connectivity index (χ2n) is 6.36. The largest absolute Gasteiger partial charge is 0.492 e. The number of carbonyl (C=O) groups is 1. The summed E-state index contributed by atoms with van der Waals surface area (Å²) in [4.78, 5) is 16.4. The molecule has 0 aromatic heterocycles. The zero-order chi connectivity index (χ0) is 16.1. The summed E-state index contributed by atoms with van der Waals surface area (Å²) in [5, 5.41) is 0. The van der Waals surface area contributed by atoms with Gasteiger partial charge in [0.25, 0.3) is 0 Å². The van der Waals surface area contributed by atoms with Crippen LogP contribution in [0.2, 0.25) is 0 Å². The average Bonchev–Trinajstić information content (AvgIpc) is 2.98. The number of likely N-dealkylation sites (tertiary alicyclic amines) is 1. The fourth-order valence-electron chi connectivity index (χ4n) is 2.91. The monoisotopic (exact) mass is 304 g/mol. The molecule has 0 spiro atoms. The Hall–Kier alpha value is -1.55. The van der Waals surface area contributed by atoms with Crippen LogP contribution in [-0.2, 0) is 4.79 Å². The van der Waals surface area contributed by atoms with E-state index in [0.29, 0.717) is 6.61 Å². The minimum Gasteiger partial charge on any atom is -0.492 e. The van der Waals surface area contributed by atoms with Gasteiger partial charge in [-0.15, -0.1) is 0 Å². The lowest BCUT2D eigenvalue weighted by Gasteiger charge is -2.27. The molecule has 4 nitrogen and oxygen atoms in total. The van der Waals surface area contributed by atoms with Crippen molar-refractivity contribution in [3.05, 3.63) is 29.3 Å². The SMILES string of the molecule is Cc1cc(C)cc(OCCN(C)C(C)C(=O)N2CCCC2)c1. The van der Waals surface area contributed by atoms with Gasteiger partial charge in [0, 0.05) is 19.6 Å². The van der Waals surface area contributed by atoms with Crippen molar-refractivity contribution in [2.24, 2.45) is 0 Å².